The van der Waals surface area contributed by atoms with E-state index in [-0.39, 0.29) is 16.8 Å². The van der Waals surface area contributed by atoms with Gasteiger partial charge >= 0.3 is 5.97 Å². The summed E-state index contributed by atoms with van der Waals surface area (Å²) in [6, 6.07) is 12.5. The van der Waals surface area contributed by atoms with Crippen LogP contribution in [0.4, 0.5) is 5.69 Å². The Morgan fingerprint density at radius 3 is 2.00 bits per heavy atom. The third kappa shape index (κ3) is 3.84. The van der Waals surface area contributed by atoms with Gasteiger partial charge in [-0.2, -0.15) is 0 Å². The molecule has 0 unspecified atom stereocenters. The van der Waals surface area contributed by atoms with Crippen molar-refractivity contribution in [1.29, 1.82) is 0 Å². The van der Waals surface area contributed by atoms with Crippen LogP contribution in [0.2, 0.25) is 0 Å². The number of ether oxygens (including phenoxy) is 1. The Labute approximate surface area is 169 Å². The van der Waals surface area contributed by atoms with Crippen molar-refractivity contribution in [2.24, 2.45) is 0 Å². The number of nitrogens with zero attached hydrogens (tertiary/aromatic N) is 1. The van der Waals surface area contributed by atoms with Crippen LogP contribution in [0.15, 0.2) is 36.4 Å². The predicted molar refractivity (Wildman–Crippen MR) is 118 cm³/mol. The van der Waals surface area contributed by atoms with Gasteiger partial charge in [-0.05, 0) is 46.2 Å². The van der Waals surface area contributed by atoms with Crippen molar-refractivity contribution in [2.75, 3.05) is 19.0 Å². The molecule has 0 bridgehead atoms. The summed E-state index contributed by atoms with van der Waals surface area (Å²) < 4.78 is 5.76. The quantitative estimate of drug-likeness (QED) is 0.376. The Kier molecular flexibility index (Phi) is 4.91. The van der Waals surface area contributed by atoms with Gasteiger partial charge in [0.05, 0.1) is 5.57 Å². The Morgan fingerprint density at radius 2 is 1.50 bits per heavy atom. The molecule has 0 aromatic heterocycles. The van der Waals surface area contributed by atoms with Crippen molar-refractivity contribution in [3.05, 3.63) is 58.7 Å². The van der Waals surface area contributed by atoms with E-state index >= 15 is 0 Å². The van der Waals surface area contributed by atoms with Crippen LogP contribution in [0, 0.1) is 0 Å². The largest absolute Gasteiger partial charge is 0.422 e. The van der Waals surface area contributed by atoms with E-state index in [4.69, 9.17) is 4.74 Å². The molecule has 3 nitrogen and oxygen atoms in total. The summed E-state index contributed by atoms with van der Waals surface area (Å²) >= 11 is 0. The van der Waals surface area contributed by atoms with Crippen LogP contribution in [-0.4, -0.2) is 20.1 Å². The van der Waals surface area contributed by atoms with Gasteiger partial charge in [0.15, 0.2) is 0 Å². The van der Waals surface area contributed by atoms with E-state index in [1.54, 1.807) is 0 Å². The number of esters is 1. The molecule has 2 aromatic carbocycles. The van der Waals surface area contributed by atoms with E-state index in [1.807, 2.05) is 32.3 Å². The van der Waals surface area contributed by atoms with E-state index in [0.717, 1.165) is 22.4 Å². The second-order valence-electron chi connectivity index (χ2n) is 9.83. The molecule has 0 N–H and O–H groups in total. The molecule has 28 heavy (non-hydrogen) atoms. The molecule has 0 amide bonds. The third-order valence-electron chi connectivity index (χ3n) is 5.19. The summed E-state index contributed by atoms with van der Waals surface area (Å²) in [5.74, 6) is 0.435. The minimum Gasteiger partial charge on any atom is -0.422 e. The Bertz CT molecular complexity index is 936. The number of fused-ring (bicyclic) bond motifs is 1. The van der Waals surface area contributed by atoms with Crippen molar-refractivity contribution in [2.45, 2.75) is 52.4 Å². The zero-order valence-corrected chi connectivity index (χ0v) is 18.3. The zero-order valence-electron chi connectivity index (χ0n) is 18.3. The average Bonchev–Trinajstić information content (AvgIpc) is 2.88. The first-order valence-electron chi connectivity index (χ1n) is 9.78. The molecular weight excluding hydrogens is 346 g/mol. The first kappa shape index (κ1) is 20.2. The van der Waals surface area contributed by atoms with Gasteiger partial charge in [-0.25, -0.2) is 4.79 Å². The monoisotopic (exact) mass is 377 g/mol. The Balaban J connectivity index is 2.17. The number of carbonyl (C=O) groups excluding carboxylic acids is 1. The van der Waals surface area contributed by atoms with Gasteiger partial charge in [0.1, 0.15) is 5.75 Å². The lowest BCUT2D eigenvalue weighted by Crippen LogP contribution is -2.17. The van der Waals surface area contributed by atoms with Gasteiger partial charge in [-0.1, -0.05) is 59.7 Å². The van der Waals surface area contributed by atoms with Crippen LogP contribution in [0.25, 0.3) is 11.6 Å². The first-order valence-corrected chi connectivity index (χ1v) is 9.78. The van der Waals surface area contributed by atoms with Crippen molar-refractivity contribution in [3.63, 3.8) is 0 Å². The summed E-state index contributed by atoms with van der Waals surface area (Å²) in [6.07, 6.45) is 1.94. The number of hydrogen-bond acceptors (Lipinski definition) is 3. The maximum absolute atomic E-state index is 12.8. The number of benzene rings is 2. The molecule has 1 aliphatic heterocycles. The second-order valence-corrected chi connectivity index (χ2v) is 9.83. The van der Waals surface area contributed by atoms with Crippen LogP contribution >= 0.6 is 0 Å². The number of anilines is 1. The highest BCUT2D eigenvalue weighted by molar-refractivity contribution is 6.26. The first-order chi connectivity index (χ1) is 12.9. The average molecular weight is 378 g/mol. The lowest BCUT2D eigenvalue weighted by molar-refractivity contribution is -0.127. The van der Waals surface area contributed by atoms with E-state index in [0.29, 0.717) is 11.3 Å². The summed E-state index contributed by atoms with van der Waals surface area (Å²) in [4.78, 5) is 14.8. The highest BCUT2D eigenvalue weighted by Gasteiger charge is 2.34. The lowest BCUT2D eigenvalue weighted by atomic mass is 9.78. The van der Waals surface area contributed by atoms with Crippen LogP contribution in [0.1, 0.15) is 63.8 Å². The molecule has 148 valence electrons. The van der Waals surface area contributed by atoms with Gasteiger partial charge in [0.25, 0.3) is 0 Å². The second kappa shape index (κ2) is 6.80. The fourth-order valence-corrected chi connectivity index (χ4v) is 3.36. The topological polar surface area (TPSA) is 29.5 Å². The lowest BCUT2D eigenvalue weighted by Gasteiger charge is -2.26. The van der Waals surface area contributed by atoms with E-state index in [9.17, 15) is 4.79 Å². The molecule has 0 saturated carbocycles. The predicted octanol–water partition coefficient (Wildman–Crippen LogP) is 5.81. The summed E-state index contributed by atoms with van der Waals surface area (Å²) in [5, 5.41) is 0. The Hall–Kier alpha value is -2.55. The molecule has 3 heteroatoms. The van der Waals surface area contributed by atoms with Gasteiger partial charge in [0.2, 0.25) is 0 Å². The van der Waals surface area contributed by atoms with Gasteiger partial charge in [0, 0.05) is 30.9 Å². The van der Waals surface area contributed by atoms with Crippen molar-refractivity contribution in [3.8, 4) is 5.75 Å². The van der Waals surface area contributed by atoms with Crippen molar-refractivity contribution >= 4 is 23.3 Å². The zero-order chi connectivity index (χ0) is 20.9. The molecule has 1 heterocycles. The van der Waals surface area contributed by atoms with Gasteiger partial charge < -0.3 is 9.64 Å². The minimum atomic E-state index is -0.275. The number of carbonyl (C=O) groups is 1. The molecule has 0 radical (unpaired) electrons. The summed E-state index contributed by atoms with van der Waals surface area (Å²) in [7, 11) is 4.03. The van der Waals surface area contributed by atoms with Crippen molar-refractivity contribution < 1.29 is 9.53 Å². The summed E-state index contributed by atoms with van der Waals surface area (Å²) in [5.41, 5.74) is 5.81. The molecule has 2 aromatic rings. The van der Waals surface area contributed by atoms with Gasteiger partial charge in [-0.3, -0.25) is 0 Å². The fourth-order valence-electron chi connectivity index (χ4n) is 3.36. The summed E-state index contributed by atoms with van der Waals surface area (Å²) in [6.45, 7) is 13.1. The smallest absolute Gasteiger partial charge is 0.344 e. The van der Waals surface area contributed by atoms with Crippen LogP contribution in [-0.2, 0) is 15.6 Å². The number of rotatable bonds is 2. The van der Waals surface area contributed by atoms with E-state index < -0.39 is 0 Å². The molecule has 0 atom stereocenters. The molecular formula is C25H31NO2. The van der Waals surface area contributed by atoms with Crippen LogP contribution in [0.5, 0.6) is 5.75 Å². The molecule has 0 saturated heterocycles. The van der Waals surface area contributed by atoms with Crippen LogP contribution < -0.4 is 9.64 Å². The molecule has 0 fully saturated rings. The highest BCUT2D eigenvalue weighted by Crippen LogP contribution is 2.45. The molecule has 3 rings (SSSR count). The molecule has 1 aliphatic rings. The molecule has 0 aliphatic carbocycles. The minimum absolute atomic E-state index is 0.0147. The SMILES string of the molecule is CN(C)c1ccc(/C=C2/C(=O)Oc3c2cc(C(C)(C)C)cc3C(C)(C)C)cc1. The maximum Gasteiger partial charge on any atom is 0.344 e. The number of hydrogen-bond donors (Lipinski definition) is 0. The van der Waals surface area contributed by atoms with E-state index in [1.165, 1.54) is 5.56 Å². The van der Waals surface area contributed by atoms with Gasteiger partial charge in [-0.15, -0.1) is 0 Å². The normalized spacial score (nSPS) is 15.6. The third-order valence-corrected chi connectivity index (χ3v) is 5.19. The van der Waals surface area contributed by atoms with Crippen molar-refractivity contribution in [1.82, 2.24) is 0 Å². The highest BCUT2D eigenvalue weighted by atomic mass is 16.5. The van der Waals surface area contributed by atoms with Crippen LogP contribution in [0.3, 0.4) is 0 Å². The molecule has 0 spiro atoms. The standard InChI is InChI=1S/C25H31NO2/c1-24(2,3)17-14-19-20(13-16-9-11-18(12-10-16)26(7)8)23(27)28-22(19)21(15-17)25(4,5)6/h9-15H,1-8H3/b20-13+. The fraction of sp³-hybridized carbons (Fsp3) is 0.400. The maximum atomic E-state index is 12.8. The Morgan fingerprint density at radius 1 is 0.893 bits per heavy atom. The van der Waals surface area contributed by atoms with E-state index in [2.05, 4.69) is 70.7 Å².